The van der Waals surface area contributed by atoms with E-state index in [0.29, 0.717) is 5.75 Å². The van der Waals surface area contributed by atoms with Gasteiger partial charge in [0.1, 0.15) is 24.1 Å². The molecule has 3 aromatic rings. The SMILES string of the molecule is CC[C@H](C)NC(=O)[C@H](C)N(Cc1ccc(C)cc1)C(=O)CN(c1cc(OC)ccc1OC)S(=O)(=O)c1ccccc1. The van der Waals surface area contributed by atoms with E-state index in [1.54, 1.807) is 37.3 Å². The first-order chi connectivity index (χ1) is 19.5. The van der Waals surface area contributed by atoms with E-state index in [1.165, 1.54) is 37.3 Å². The van der Waals surface area contributed by atoms with E-state index in [-0.39, 0.29) is 34.8 Å². The van der Waals surface area contributed by atoms with Gasteiger partial charge in [-0.15, -0.1) is 0 Å². The van der Waals surface area contributed by atoms with E-state index in [9.17, 15) is 18.0 Å². The van der Waals surface area contributed by atoms with Crippen LogP contribution in [0.3, 0.4) is 0 Å². The number of nitrogens with zero attached hydrogens (tertiary/aromatic N) is 2. The first-order valence-electron chi connectivity index (χ1n) is 13.5. The summed E-state index contributed by atoms with van der Waals surface area (Å²) in [6.07, 6.45) is 0.725. The van der Waals surface area contributed by atoms with Crippen LogP contribution in [0.2, 0.25) is 0 Å². The minimum Gasteiger partial charge on any atom is -0.497 e. The molecule has 0 bridgehead atoms. The number of benzene rings is 3. The van der Waals surface area contributed by atoms with E-state index in [4.69, 9.17) is 9.47 Å². The van der Waals surface area contributed by atoms with Crippen LogP contribution in [0.25, 0.3) is 0 Å². The second-order valence-corrected chi connectivity index (χ2v) is 11.7. The standard InChI is InChI=1S/C31H39N3O6S/c1-7-23(3)32-31(36)24(4)33(20-25-15-13-22(2)14-16-25)30(35)21-34(41(37,38)27-11-9-8-10-12-27)28-19-26(39-5)17-18-29(28)40-6/h8-19,23-24H,7,20-21H2,1-6H3,(H,32,36)/t23-,24-/m0/s1. The third-order valence-corrected chi connectivity index (χ3v) is 8.68. The lowest BCUT2D eigenvalue weighted by Gasteiger charge is -2.33. The zero-order chi connectivity index (χ0) is 30.2. The molecular weight excluding hydrogens is 542 g/mol. The summed E-state index contributed by atoms with van der Waals surface area (Å²) in [5, 5.41) is 2.93. The molecule has 3 aromatic carbocycles. The average Bonchev–Trinajstić information content (AvgIpc) is 2.98. The van der Waals surface area contributed by atoms with Crippen molar-refractivity contribution >= 4 is 27.5 Å². The Morgan fingerprint density at radius 3 is 2.17 bits per heavy atom. The quantitative estimate of drug-likeness (QED) is 0.318. The third kappa shape index (κ3) is 7.79. The normalized spacial score (nSPS) is 12.6. The number of methoxy groups -OCH3 is 2. The molecular formula is C31H39N3O6S. The fourth-order valence-corrected chi connectivity index (χ4v) is 5.60. The Bertz CT molecular complexity index is 1430. The van der Waals surface area contributed by atoms with Crippen LogP contribution in [0.1, 0.15) is 38.3 Å². The first kappa shape index (κ1) is 31.5. The number of nitrogens with one attached hydrogen (secondary N) is 1. The summed E-state index contributed by atoms with van der Waals surface area (Å²) in [6, 6.07) is 19.3. The fourth-order valence-electron chi connectivity index (χ4n) is 4.16. The summed E-state index contributed by atoms with van der Waals surface area (Å²) in [5.74, 6) is -0.247. The lowest BCUT2D eigenvalue weighted by Crippen LogP contribution is -2.52. The molecule has 0 radical (unpaired) electrons. The molecule has 0 aliphatic carbocycles. The second kappa shape index (κ2) is 14.0. The Morgan fingerprint density at radius 2 is 1.59 bits per heavy atom. The summed E-state index contributed by atoms with van der Waals surface area (Å²) in [4.78, 5) is 28.7. The molecule has 0 aliphatic heterocycles. The monoisotopic (exact) mass is 581 g/mol. The molecule has 0 aromatic heterocycles. The molecule has 2 atom stereocenters. The molecule has 10 heteroatoms. The van der Waals surface area contributed by atoms with Crippen LogP contribution < -0.4 is 19.1 Å². The highest BCUT2D eigenvalue weighted by Gasteiger charge is 2.34. The number of hydrogen-bond donors (Lipinski definition) is 1. The number of rotatable bonds is 13. The largest absolute Gasteiger partial charge is 0.497 e. The van der Waals surface area contributed by atoms with Crippen molar-refractivity contribution in [2.24, 2.45) is 0 Å². The van der Waals surface area contributed by atoms with Gasteiger partial charge < -0.3 is 19.7 Å². The Labute approximate surface area is 243 Å². The predicted octanol–water partition coefficient (Wildman–Crippen LogP) is 4.54. The molecule has 3 rings (SSSR count). The molecule has 0 heterocycles. The number of sulfonamides is 1. The summed E-state index contributed by atoms with van der Waals surface area (Å²) < 4.78 is 39.9. The maximum atomic E-state index is 14.1. The lowest BCUT2D eigenvalue weighted by atomic mass is 10.1. The van der Waals surface area contributed by atoms with Crippen molar-refractivity contribution in [2.45, 2.75) is 57.6 Å². The fraction of sp³-hybridized carbons (Fsp3) is 0.355. The highest BCUT2D eigenvalue weighted by Crippen LogP contribution is 2.36. The molecule has 0 unspecified atom stereocenters. The highest BCUT2D eigenvalue weighted by atomic mass is 32.2. The molecule has 0 fully saturated rings. The van der Waals surface area contributed by atoms with E-state index in [2.05, 4.69) is 5.32 Å². The number of anilines is 1. The van der Waals surface area contributed by atoms with E-state index >= 15 is 0 Å². The molecule has 0 saturated heterocycles. The number of carbonyl (C=O) groups excluding carboxylic acids is 2. The van der Waals surface area contributed by atoms with Gasteiger partial charge in [-0.1, -0.05) is 55.0 Å². The Balaban J connectivity index is 2.10. The number of ether oxygens (including phenoxy) is 2. The average molecular weight is 582 g/mol. The maximum absolute atomic E-state index is 14.1. The molecule has 2 amide bonds. The molecule has 1 N–H and O–H groups in total. The summed E-state index contributed by atoms with van der Waals surface area (Å²) in [7, 11) is -1.35. The van der Waals surface area contributed by atoms with Crippen LogP contribution in [0.5, 0.6) is 11.5 Å². The van der Waals surface area contributed by atoms with E-state index < -0.39 is 28.5 Å². The van der Waals surface area contributed by atoms with Crippen LogP contribution in [0.4, 0.5) is 5.69 Å². The van der Waals surface area contributed by atoms with Gasteiger partial charge in [-0.05, 0) is 57.0 Å². The molecule has 0 spiro atoms. The van der Waals surface area contributed by atoms with E-state index in [0.717, 1.165) is 21.9 Å². The van der Waals surface area contributed by atoms with Gasteiger partial charge in [-0.2, -0.15) is 0 Å². The second-order valence-electron chi connectivity index (χ2n) is 9.86. The van der Waals surface area contributed by atoms with Gasteiger partial charge in [-0.3, -0.25) is 13.9 Å². The third-order valence-electron chi connectivity index (χ3n) is 6.91. The molecule has 220 valence electrons. The van der Waals surface area contributed by atoms with Crippen LogP contribution in [0.15, 0.2) is 77.7 Å². The molecule has 41 heavy (non-hydrogen) atoms. The van der Waals surface area contributed by atoms with Gasteiger partial charge in [0.05, 0.1) is 24.8 Å². The van der Waals surface area contributed by atoms with Gasteiger partial charge in [0.2, 0.25) is 11.8 Å². The van der Waals surface area contributed by atoms with Crippen LogP contribution in [0, 0.1) is 6.92 Å². The van der Waals surface area contributed by atoms with Crippen molar-refractivity contribution < 1.29 is 27.5 Å². The van der Waals surface area contributed by atoms with Crippen molar-refractivity contribution in [3.63, 3.8) is 0 Å². The zero-order valence-corrected chi connectivity index (χ0v) is 25.3. The minimum absolute atomic E-state index is 0.00493. The number of aryl methyl sites for hydroxylation is 1. The molecule has 0 aliphatic rings. The van der Waals surface area contributed by atoms with Crippen LogP contribution in [-0.4, -0.2) is 58.0 Å². The lowest BCUT2D eigenvalue weighted by molar-refractivity contribution is -0.139. The van der Waals surface area contributed by atoms with Gasteiger partial charge in [0, 0.05) is 18.7 Å². The van der Waals surface area contributed by atoms with Crippen molar-refractivity contribution in [1.82, 2.24) is 10.2 Å². The summed E-state index contributed by atoms with van der Waals surface area (Å²) >= 11 is 0. The smallest absolute Gasteiger partial charge is 0.264 e. The maximum Gasteiger partial charge on any atom is 0.264 e. The number of hydrogen-bond acceptors (Lipinski definition) is 6. The number of amides is 2. The van der Waals surface area contributed by atoms with Crippen molar-refractivity contribution in [3.8, 4) is 11.5 Å². The Hall–Kier alpha value is -4.05. The summed E-state index contributed by atoms with van der Waals surface area (Å²) in [5.41, 5.74) is 2.00. The molecule has 0 saturated carbocycles. The van der Waals surface area contributed by atoms with Crippen molar-refractivity contribution in [3.05, 3.63) is 83.9 Å². The van der Waals surface area contributed by atoms with Gasteiger partial charge in [0.15, 0.2) is 0 Å². The van der Waals surface area contributed by atoms with Gasteiger partial charge >= 0.3 is 0 Å². The van der Waals surface area contributed by atoms with Gasteiger partial charge in [0.25, 0.3) is 10.0 Å². The number of carbonyl (C=O) groups is 2. The topological polar surface area (TPSA) is 105 Å². The Kier molecular flexibility index (Phi) is 10.8. The summed E-state index contributed by atoms with van der Waals surface area (Å²) in [6.45, 7) is 6.99. The zero-order valence-electron chi connectivity index (χ0n) is 24.5. The van der Waals surface area contributed by atoms with Crippen molar-refractivity contribution in [1.29, 1.82) is 0 Å². The van der Waals surface area contributed by atoms with Crippen LogP contribution in [-0.2, 0) is 26.2 Å². The first-order valence-corrected chi connectivity index (χ1v) is 14.9. The van der Waals surface area contributed by atoms with Crippen molar-refractivity contribution in [2.75, 3.05) is 25.1 Å². The minimum atomic E-state index is -4.24. The predicted molar refractivity (Wildman–Crippen MR) is 160 cm³/mol. The van der Waals surface area contributed by atoms with E-state index in [1.807, 2.05) is 45.0 Å². The molecule has 9 nitrogen and oxygen atoms in total. The van der Waals surface area contributed by atoms with Crippen LogP contribution >= 0.6 is 0 Å². The van der Waals surface area contributed by atoms with Gasteiger partial charge in [-0.25, -0.2) is 8.42 Å². The highest BCUT2D eigenvalue weighted by molar-refractivity contribution is 7.92. The Morgan fingerprint density at radius 1 is 0.927 bits per heavy atom.